The first-order valence-electron chi connectivity index (χ1n) is 9.80. The number of terminal acetylenes is 1. The molecule has 1 aromatic heterocycles. The fraction of sp³-hybridized carbons (Fsp3) is 0.318. The van der Waals surface area contributed by atoms with Crippen LogP contribution < -0.4 is 20.4 Å². The average Bonchev–Trinajstić information content (AvgIpc) is 3.35. The maximum absolute atomic E-state index is 12.6. The molecule has 8 heteroatoms. The number of carbonyl (C=O) groups is 3. The number of benzene rings is 1. The summed E-state index contributed by atoms with van der Waals surface area (Å²) in [6.45, 7) is 3.70. The van der Waals surface area contributed by atoms with Crippen LogP contribution in [-0.4, -0.2) is 43.5 Å². The first-order chi connectivity index (χ1) is 14.5. The van der Waals surface area contributed by atoms with E-state index < -0.39 is 0 Å². The summed E-state index contributed by atoms with van der Waals surface area (Å²) in [5.41, 5.74) is 2.53. The Balaban J connectivity index is 1.45. The van der Waals surface area contributed by atoms with Crippen molar-refractivity contribution in [3.05, 3.63) is 45.6 Å². The van der Waals surface area contributed by atoms with Crippen LogP contribution in [0, 0.1) is 19.3 Å². The van der Waals surface area contributed by atoms with Gasteiger partial charge in [0.05, 0.1) is 15.8 Å². The molecule has 0 saturated carbocycles. The summed E-state index contributed by atoms with van der Waals surface area (Å²) in [6, 6.07) is 8.71. The minimum Gasteiger partial charge on any atom is -0.346 e. The second-order valence-electron chi connectivity index (χ2n) is 7.39. The van der Waals surface area contributed by atoms with Gasteiger partial charge in [0.1, 0.15) is 0 Å². The number of carbonyl (C=O) groups excluding carboxylic acids is 3. The van der Waals surface area contributed by atoms with Crippen LogP contribution in [0.2, 0.25) is 0 Å². The van der Waals surface area contributed by atoms with Crippen LogP contribution >= 0.6 is 11.3 Å². The fourth-order valence-electron chi connectivity index (χ4n) is 3.82. The maximum atomic E-state index is 12.6. The molecule has 4 rings (SSSR count). The molecule has 0 aliphatic carbocycles. The van der Waals surface area contributed by atoms with Crippen LogP contribution in [0.4, 0.5) is 16.2 Å². The Morgan fingerprint density at radius 3 is 2.80 bits per heavy atom. The standard InChI is InChI=1S/C22H22N4O3S/c1-3-17-6-8-19(30-17)21(28)24-15-12-20(27)26(13-15)16-5-7-18(14(2)11-16)25-10-4-9-23-22(25)29/h1,5-8,11,15H,4,9-10,12-13H2,2H3,(H,23,29)(H,24,28). The first kappa shape index (κ1) is 20.0. The number of hydrogen-bond acceptors (Lipinski definition) is 4. The van der Waals surface area contributed by atoms with Crippen LogP contribution in [0.15, 0.2) is 30.3 Å². The smallest absolute Gasteiger partial charge is 0.321 e. The van der Waals surface area contributed by atoms with E-state index in [0.29, 0.717) is 29.4 Å². The zero-order valence-corrected chi connectivity index (χ0v) is 17.4. The van der Waals surface area contributed by atoms with Crippen molar-refractivity contribution in [1.82, 2.24) is 10.6 Å². The van der Waals surface area contributed by atoms with Crippen molar-refractivity contribution in [3.63, 3.8) is 0 Å². The Labute approximate surface area is 179 Å². The van der Waals surface area contributed by atoms with Gasteiger partial charge in [-0.2, -0.15) is 0 Å². The predicted octanol–water partition coefficient (Wildman–Crippen LogP) is 2.49. The van der Waals surface area contributed by atoms with Gasteiger partial charge in [0.15, 0.2) is 0 Å². The molecule has 2 aromatic rings. The minimum atomic E-state index is -0.269. The Bertz CT molecular complexity index is 1050. The molecule has 1 atom stereocenters. The first-order valence-corrected chi connectivity index (χ1v) is 10.6. The van der Waals surface area contributed by atoms with Crippen LogP contribution in [0.1, 0.15) is 33.0 Å². The Morgan fingerprint density at radius 2 is 2.10 bits per heavy atom. The minimum absolute atomic E-state index is 0.0429. The highest BCUT2D eigenvalue weighted by atomic mass is 32.1. The summed E-state index contributed by atoms with van der Waals surface area (Å²) in [7, 11) is 0. The van der Waals surface area contributed by atoms with Crippen molar-refractivity contribution in [1.29, 1.82) is 0 Å². The number of hydrogen-bond donors (Lipinski definition) is 2. The lowest BCUT2D eigenvalue weighted by molar-refractivity contribution is -0.117. The largest absolute Gasteiger partial charge is 0.346 e. The molecule has 4 amide bonds. The Morgan fingerprint density at radius 1 is 1.27 bits per heavy atom. The summed E-state index contributed by atoms with van der Waals surface area (Å²) in [5.74, 6) is 2.25. The molecule has 2 N–H and O–H groups in total. The van der Waals surface area contributed by atoms with E-state index in [-0.39, 0.29) is 30.3 Å². The molecule has 1 aromatic carbocycles. The number of urea groups is 1. The van der Waals surface area contributed by atoms with E-state index in [9.17, 15) is 14.4 Å². The van der Waals surface area contributed by atoms with Crippen molar-refractivity contribution in [2.45, 2.75) is 25.8 Å². The van der Waals surface area contributed by atoms with Gasteiger partial charge in [-0.3, -0.25) is 14.5 Å². The van der Waals surface area contributed by atoms with E-state index >= 15 is 0 Å². The molecule has 154 valence electrons. The van der Waals surface area contributed by atoms with Gasteiger partial charge >= 0.3 is 6.03 Å². The van der Waals surface area contributed by atoms with E-state index in [0.717, 1.165) is 23.4 Å². The van der Waals surface area contributed by atoms with Crippen molar-refractivity contribution in [2.75, 3.05) is 29.4 Å². The average molecular weight is 423 g/mol. The van der Waals surface area contributed by atoms with Gasteiger partial charge in [-0.05, 0) is 49.2 Å². The summed E-state index contributed by atoms with van der Waals surface area (Å²) in [5, 5.41) is 5.77. The van der Waals surface area contributed by atoms with Crippen molar-refractivity contribution in [3.8, 4) is 12.3 Å². The molecular formula is C22H22N4O3S. The topological polar surface area (TPSA) is 81.8 Å². The maximum Gasteiger partial charge on any atom is 0.321 e. The summed E-state index contributed by atoms with van der Waals surface area (Å²) in [6.07, 6.45) is 6.50. The van der Waals surface area contributed by atoms with Crippen LogP contribution in [0.5, 0.6) is 0 Å². The third-order valence-electron chi connectivity index (χ3n) is 5.30. The van der Waals surface area contributed by atoms with Gasteiger partial charge in [0, 0.05) is 37.4 Å². The quantitative estimate of drug-likeness (QED) is 0.743. The summed E-state index contributed by atoms with van der Waals surface area (Å²) >= 11 is 1.26. The highest BCUT2D eigenvalue weighted by Crippen LogP contribution is 2.29. The Kier molecular flexibility index (Phi) is 5.46. The van der Waals surface area contributed by atoms with E-state index in [1.54, 1.807) is 21.9 Å². The zero-order chi connectivity index (χ0) is 21.3. The molecule has 0 radical (unpaired) electrons. The lowest BCUT2D eigenvalue weighted by atomic mass is 10.1. The predicted molar refractivity (Wildman–Crippen MR) is 117 cm³/mol. The van der Waals surface area contributed by atoms with Crippen LogP contribution in [0.25, 0.3) is 0 Å². The van der Waals surface area contributed by atoms with Gasteiger partial charge in [-0.15, -0.1) is 17.8 Å². The molecule has 2 saturated heterocycles. The number of nitrogens with one attached hydrogen (secondary N) is 2. The number of rotatable bonds is 4. The lowest BCUT2D eigenvalue weighted by Crippen LogP contribution is -2.46. The van der Waals surface area contributed by atoms with Crippen molar-refractivity contribution >= 4 is 40.6 Å². The van der Waals surface area contributed by atoms with Gasteiger partial charge < -0.3 is 15.5 Å². The van der Waals surface area contributed by atoms with Crippen molar-refractivity contribution < 1.29 is 14.4 Å². The molecule has 2 aliphatic heterocycles. The van der Waals surface area contributed by atoms with Crippen LogP contribution in [0.3, 0.4) is 0 Å². The van der Waals surface area contributed by atoms with Gasteiger partial charge in [0.25, 0.3) is 5.91 Å². The highest BCUT2D eigenvalue weighted by molar-refractivity contribution is 7.14. The number of aryl methyl sites for hydroxylation is 1. The lowest BCUT2D eigenvalue weighted by Gasteiger charge is -2.29. The third-order valence-corrected chi connectivity index (χ3v) is 6.31. The number of anilines is 2. The number of amides is 4. The van der Waals surface area contributed by atoms with Gasteiger partial charge in [-0.25, -0.2) is 4.79 Å². The van der Waals surface area contributed by atoms with E-state index in [1.807, 2.05) is 25.1 Å². The molecule has 30 heavy (non-hydrogen) atoms. The molecule has 7 nitrogen and oxygen atoms in total. The normalized spacial score (nSPS) is 18.9. The number of nitrogens with zero attached hydrogens (tertiary/aromatic N) is 2. The summed E-state index contributed by atoms with van der Waals surface area (Å²) < 4.78 is 0. The molecule has 3 heterocycles. The molecule has 0 spiro atoms. The molecular weight excluding hydrogens is 400 g/mol. The third kappa shape index (κ3) is 3.89. The Hall–Kier alpha value is -3.31. The SMILES string of the molecule is C#Cc1ccc(C(=O)NC2CC(=O)N(c3ccc(N4CCCNC4=O)c(C)c3)C2)s1. The van der Waals surface area contributed by atoms with Crippen molar-refractivity contribution in [2.24, 2.45) is 0 Å². The molecule has 2 fully saturated rings. The summed E-state index contributed by atoms with van der Waals surface area (Å²) in [4.78, 5) is 41.8. The monoisotopic (exact) mass is 422 g/mol. The zero-order valence-electron chi connectivity index (χ0n) is 16.6. The van der Waals surface area contributed by atoms with E-state index in [2.05, 4.69) is 16.6 Å². The molecule has 0 bridgehead atoms. The van der Waals surface area contributed by atoms with E-state index in [4.69, 9.17) is 6.42 Å². The second kappa shape index (κ2) is 8.20. The number of thiophene rings is 1. The van der Waals surface area contributed by atoms with E-state index in [1.165, 1.54) is 11.3 Å². The van der Waals surface area contributed by atoms with Gasteiger partial charge in [0.2, 0.25) is 5.91 Å². The van der Waals surface area contributed by atoms with Gasteiger partial charge in [-0.1, -0.05) is 5.92 Å². The molecule has 2 aliphatic rings. The highest BCUT2D eigenvalue weighted by Gasteiger charge is 2.32. The second-order valence-corrected chi connectivity index (χ2v) is 8.48. The van der Waals surface area contributed by atoms with Crippen LogP contribution in [-0.2, 0) is 4.79 Å². The molecule has 1 unspecified atom stereocenters. The fourth-order valence-corrected chi connectivity index (χ4v) is 4.54.